The molecule has 2 heterocycles. The van der Waals surface area contributed by atoms with Crippen LogP contribution >= 0.6 is 23.5 Å². The van der Waals surface area contributed by atoms with Gasteiger partial charge in [-0.2, -0.15) is 4.68 Å². The normalized spacial score (nSPS) is 18.6. The summed E-state index contributed by atoms with van der Waals surface area (Å²) in [7, 11) is 0. The van der Waals surface area contributed by atoms with Crippen LogP contribution in [0.3, 0.4) is 0 Å². The summed E-state index contributed by atoms with van der Waals surface area (Å²) in [6.07, 6.45) is 0. The Morgan fingerprint density at radius 1 is 1.31 bits per heavy atom. The van der Waals surface area contributed by atoms with Gasteiger partial charge in [0.25, 0.3) is 5.69 Å². The fourth-order valence-corrected chi connectivity index (χ4v) is 4.90. The molecule has 1 saturated heterocycles. The van der Waals surface area contributed by atoms with Crippen LogP contribution in [0.4, 0.5) is 5.69 Å². The van der Waals surface area contributed by atoms with Crippen LogP contribution in [0, 0.1) is 10.1 Å². The Labute approximate surface area is 172 Å². The highest BCUT2D eigenvalue weighted by atomic mass is 32.2. The number of para-hydroxylation sites is 1. The molecular formula is C17H14N6O4S2. The van der Waals surface area contributed by atoms with Crippen LogP contribution in [-0.2, 0) is 4.79 Å². The smallest absolute Gasteiger partial charge is 0.321 e. The summed E-state index contributed by atoms with van der Waals surface area (Å²) in [4.78, 5) is 22.7. The Bertz CT molecular complexity index is 1060. The number of nitrogens with one attached hydrogen (secondary N) is 1. The van der Waals surface area contributed by atoms with E-state index in [0.29, 0.717) is 21.4 Å². The standard InChI is InChI=1S/C17H14N6O4S2/c24-16(25)12-9-28-15(18-12)10-6-7-14(13(8-10)23(26)27)29-17-19-20-21-22(17)11-4-2-1-3-5-11/h1-8,12,15,18H,9H2,(H,24,25)/t12-,15-/m0/s1. The molecule has 1 aromatic heterocycles. The molecule has 148 valence electrons. The largest absolute Gasteiger partial charge is 0.480 e. The molecule has 1 aliphatic rings. The number of tetrazole rings is 1. The lowest BCUT2D eigenvalue weighted by atomic mass is 10.2. The number of nitro groups is 1. The van der Waals surface area contributed by atoms with Crippen molar-refractivity contribution in [2.45, 2.75) is 21.5 Å². The second-order valence-electron chi connectivity index (χ2n) is 6.07. The third kappa shape index (κ3) is 4.09. The Morgan fingerprint density at radius 3 is 2.79 bits per heavy atom. The Hall–Kier alpha value is -2.96. The summed E-state index contributed by atoms with van der Waals surface area (Å²) in [6, 6.07) is 13.4. The van der Waals surface area contributed by atoms with Crippen molar-refractivity contribution in [1.82, 2.24) is 25.5 Å². The number of thioether (sulfide) groups is 1. The number of nitro benzene ring substituents is 1. The van der Waals surface area contributed by atoms with Crippen molar-refractivity contribution in [3.05, 3.63) is 64.2 Å². The average molecular weight is 430 g/mol. The van der Waals surface area contributed by atoms with Crippen LogP contribution in [0.2, 0.25) is 0 Å². The number of aliphatic carboxylic acids is 1. The number of nitrogens with zero attached hydrogens (tertiary/aromatic N) is 5. The molecule has 1 fully saturated rings. The molecule has 0 amide bonds. The van der Waals surface area contributed by atoms with Crippen molar-refractivity contribution < 1.29 is 14.8 Å². The Kier molecular flexibility index (Phi) is 5.47. The second kappa shape index (κ2) is 8.19. The van der Waals surface area contributed by atoms with E-state index in [-0.39, 0.29) is 11.1 Å². The molecule has 0 unspecified atom stereocenters. The zero-order valence-corrected chi connectivity index (χ0v) is 16.3. The minimum atomic E-state index is -0.936. The maximum absolute atomic E-state index is 11.7. The zero-order chi connectivity index (χ0) is 20.4. The zero-order valence-electron chi connectivity index (χ0n) is 14.7. The highest BCUT2D eigenvalue weighted by Gasteiger charge is 2.31. The summed E-state index contributed by atoms with van der Waals surface area (Å²) >= 11 is 2.50. The number of hydrogen-bond donors (Lipinski definition) is 2. The van der Waals surface area contributed by atoms with Crippen LogP contribution in [0.5, 0.6) is 0 Å². The summed E-state index contributed by atoms with van der Waals surface area (Å²) in [5.74, 6) is -0.537. The molecule has 0 spiro atoms. The van der Waals surface area contributed by atoms with E-state index >= 15 is 0 Å². The number of benzene rings is 2. The first-order valence-corrected chi connectivity index (χ1v) is 10.3. The molecule has 0 bridgehead atoms. The van der Waals surface area contributed by atoms with Gasteiger partial charge in [-0.1, -0.05) is 24.3 Å². The van der Waals surface area contributed by atoms with Gasteiger partial charge in [-0.3, -0.25) is 20.2 Å². The maximum atomic E-state index is 11.7. The Morgan fingerprint density at radius 2 is 2.10 bits per heavy atom. The highest BCUT2D eigenvalue weighted by Crippen LogP contribution is 2.39. The van der Waals surface area contributed by atoms with E-state index in [2.05, 4.69) is 20.8 Å². The van der Waals surface area contributed by atoms with Crippen LogP contribution in [-0.4, -0.2) is 48.0 Å². The van der Waals surface area contributed by atoms with E-state index < -0.39 is 16.9 Å². The summed E-state index contributed by atoms with van der Waals surface area (Å²) < 4.78 is 1.51. The lowest BCUT2D eigenvalue weighted by Gasteiger charge is -2.12. The molecule has 3 aromatic rings. The predicted octanol–water partition coefficient (Wildman–Crippen LogP) is 2.51. The monoisotopic (exact) mass is 430 g/mol. The van der Waals surface area contributed by atoms with Crippen LogP contribution in [0.15, 0.2) is 58.6 Å². The quantitative estimate of drug-likeness (QED) is 0.443. The highest BCUT2D eigenvalue weighted by molar-refractivity contribution is 7.99. The third-order valence-electron chi connectivity index (χ3n) is 4.21. The van der Waals surface area contributed by atoms with Gasteiger partial charge in [0.2, 0.25) is 5.16 Å². The van der Waals surface area contributed by atoms with Crippen LogP contribution in [0.25, 0.3) is 5.69 Å². The van der Waals surface area contributed by atoms with Crippen molar-refractivity contribution in [3.8, 4) is 5.69 Å². The molecule has 12 heteroatoms. The lowest BCUT2D eigenvalue weighted by Crippen LogP contribution is -2.33. The minimum Gasteiger partial charge on any atom is -0.480 e. The molecule has 0 aliphatic carbocycles. The number of carbonyl (C=O) groups is 1. The van der Waals surface area contributed by atoms with Crippen molar-refractivity contribution in [1.29, 1.82) is 0 Å². The van der Waals surface area contributed by atoms with Crippen LogP contribution in [0.1, 0.15) is 10.9 Å². The first kappa shape index (κ1) is 19.4. The minimum absolute atomic E-state index is 0.0868. The number of carboxylic acid groups (broad SMARTS) is 1. The first-order valence-electron chi connectivity index (χ1n) is 8.43. The second-order valence-corrected chi connectivity index (χ2v) is 8.21. The summed E-state index contributed by atoms with van der Waals surface area (Å²) in [5.41, 5.74) is 1.30. The molecule has 2 N–H and O–H groups in total. The summed E-state index contributed by atoms with van der Waals surface area (Å²) in [6.45, 7) is 0. The molecule has 2 aromatic carbocycles. The van der Waals surface area contributed by atoms with E-state index in [1.54, 1.807) is 12.1 Å². The predicted molar refractivity (Wildman–Crippen MR) is 106 cm³/mol. The van der Waals surface area contributed by atoms with Crippen molar-refractivity contribution in [2.24, 2.45) is 0 Å². The van der Waals surface area contributed by atoms with Gasteiger partial charge < -0.3 is 5.11 Å². The van der Waals surface area contributed by atoms with E-state index in [1.807, 2.05) is 30.3 Å². The topological polar surface area (TPSA) is 136 Å². The van der Waals surface area contributed by atoms with Gasteiger partial charge in [0.15, 0.2) is 0 Å². The number of carboxylic acids is 1. The molecule has 0 radical (unpaired) electrons. The average Bonchev–Trinajstić information content (AvgIpc) is 3.39. The van der Waals surface area contributed by atoms with Crippen molar-refractivity contribution in [3.63, 3.8) is 0 Å². The fraction of sp³-hybridized carbons (Fsp3) is 0.176. The molecule has 4 rings (SSSR count). The third-order valence-corrected chi connectivity index (χ3v) is 6.48. The van der Waals surface area contributed by atoms with Gasteiger partial charge in [-0.15, -0.1) is 16.9 Å². The van der Waals surface area contributed by atoms with E-state index in [9.17, 15) is 14.9 Å². The van der Waals surface area contributed by atoms with Crippen molar-refractivity contribution >= 4 is 35.2 Å². The van der Waals surface area contributed by atoms with Gasteiger partial charge in [0.05, 0.1) is 20.9 Å². The van der Waals surface area contributed by atoms with Crippen molar-refractivity contribution in [2.75, 3.05) is 5.75 Å². The number of hydrogen-bond acceptors (Lipinski definition) is 9. The van der Waals surface area contributed by atoms with Gasteiger partial charge >= 0.3 is 5.97 Å². The molecule has 1 aliphatic heterocycles. The maximum Gasteiger partial charge on any atom is 0.321 e. The molecule has 29 heavy (non-hydrogen) atoms. The van der Waals surface area contributed by atoms with E-state index in [1.165, 1.54) is 22.5 Å². The SMILES string of the molecule is O=C(O)[C@@H]1CS[C@@H](c2ccc(Sc3nnnn3-c3ccccc3)c([N+](=O)[O-])c2)N1. The van der Waals surface area contributed by atoms with E-state index in [0.717, 1.165) is 17.4 Å². The molecule has 10 nitrogen and oxygen atoms in total. The molecule has 0 saturated carbocycles. The van der Waals surface area contributed by atoms with Gasteiger partial charge in [-0.25, -0.2) is 0 Å². The fourth-order valence-electron chi connectivity index (χ4n) is 2.81. The van der Waals surface area contributed by atoms with Crippen LogP contribution < -0.4 is 5.32 Å². The van der Waals surface area contributed by atoms with Gasteiger partial charge in [0.1, 0.15) is 6.04 Å². The Balaban J connectivity index is 1.62. The molecular weight excluding hydrogens is 416 g/mol. The van der Waals surface area contributed by atoms with Gasteiger partial charge in [-0.05, 0) is 46.0 Å². The van der Waals surface area contributed by atoms with E-state index in [4.69, 9.17) is 5.11 Å². The van der Waals surface area contributed by atoms with Gasteiger partial charge in [0, 0.05) is 11.8 Å². The number of aromatic nitrogens is 4. The molecule has 2 atom stereocenters. The first-order chi connectivity index (χ1) is 14.0. The summed E-state index contributed by atoms with van der Waals surface area (Å²) in [5, 5.41) is 35.4. The number of rotatable bonds is 6. The lowest BCUT2D eigenvalue weighted by molar-refractivity contribution is -0.387.